The molecular weight excluding hydrogens is 174 g/mol. The highest BCUT2D eigenvalue weighted by Gasteiger charge is 2.33. The number of hydrogen-bond donors (Lipinski definition) is 3. The molecule has 68 valence electrons. The van der Waals surface area contributed by atoms with Crippen LogP contribution in [-0.2, 0) is 0 Å². The van der Waals surface area contributed by atoms with Gasteiger partial charge in [-0.1, -0.05) is 12.2 Å². The quantitative estimate of drug-likeness (QED) is 0.544. The van der Waals surface area contributed by atoms with E-state index in [0.717, 1.165) is 12.8 Å². The van der Waals surface area contributed by atoms with Crippen molar-refractivity contribution in [1.29, 1.82) is 0 Å². The van der Waals surface area contributed by atoms with E-state index >= 15 is 0 Å². The number of rotatable bonds is 3. The average molecular weight is 187 g/mol. The molecule has 0 saturated heterocycles. The molecule has 2 amide bonds. The van der Waals surface area contributed by atoms with Gasteiger partial charge in [0, 0.05) is 7.05 Å². The molecule has 12 heavy (non-hydrogen) atoms. The summed E-state index contributed by atoms with van der Waals surface area (Å²) in [5.74, 6) is 0.458. The Morgan fingerprint density at radius 1 is 1.67 bits per heavy atom. The van der Waals surface area contributed by atoms with Gasteiger partial charge in [0.2, 0.25) is 0 Å². The fourth-order valence-electron chi connectivity index (χ4n) is 1.06. The summed E-state index contributed by atoms with van der Waals surface area (Å²) in [6.07, 6.45) is 2.21. The molecule has 4 nitrogen and oxygen atoms in total. The Morgan fingerprint density at radius 2 is 2.25 bits per heavy atom. The smallest absolute Gasteiger partial charge is 0.315 e. The van der Waals surface area contributed by atoms with Crippen LogP contribution in [0, 0.1) is 5.92 Å². The maximum Gasteiger partial charge on any atom is 0.315 e. The normalized spacial score (nSPS) is 18.1. The number of carbonyl (C=O) groups is 1. The van der Waals surface area contributed by atoms with Gasteiger partial charge in [-0.25, -0.2) is 4.79 Å². The Hall–Kier alpha value is -0.840. The van der Waals surface area contributed by atoms with Crippen molar-refractivity contribution in [2.24, 2.45) is 11.7 Å². The van der Waals surface area contributed by atoms with E-state index in [2.05, 4.69) is 10.6 Å². The minimum Gasteiger partial charge on any atom is -0.392 e. The number of carbonyl (C=O) groups excluding carboxylic acids is 1. The monoisotopic (exact) mass is 187 g/mol. The van der Waals surface area contributed by atoms with Gasteiger partial charge in [-0.05, 0) is 18.8 Å². The van der Waals surface area contributed by atoms with Crippen LogP contribution in [0.15, 0.2) is 0 Å². The van der Waals surface area contributed by atoms with Crippen LogP contribution in [0.2, 0.25) is 0 Å². The number of nitrogens with one attached hydrogen (secondary N) is 2. The second kappa shape index (κ2) is 3.71. The van der Waals surface area contributed by atoms with Crippen LogP contribution in [0.4, 0.5) is 4.79 Å². The first-order valence-electron chi connectivity index (χ1n) is 3.92. The van der Waals surface area contributed by atoms with E-state index in [1.165, 1.54) is 0 Å². The molecule has 4 N–H and O–H groups in total. The lowest BCUT2D eigenvalue weighted by atomic mass is 10.2. The number of hydrogen-bond acceptors (Lipinski definition) is 2. The zero-order valence-electron chi connectivity index (χ0n) is 6.96. The number of thiocarbonyl (C=S) groups is 1. The molecule has 1 atom stereocenters. The van der Waals surface area contributed by atoms with Crippen LogP contribution in [0.1, 0.15) is 12.8 Å². The van der Waals surface area contributed by atoms with Crippen molar-refractivity contribution in [3.63, 3.8) is 0 Å². The fourth-order valence-corrected chi connectivity index (χ4v) is 1.32. The zero-order chi connectivity index (χ0) is 9.14. The molecule has 1 aliphatic carbocycles. The first kappa shape index (κ1) is 9.25. The molecule has 0 aromatic rings. The van der Waals surface area contributed by atoms with Gasteiger partial charge in [0.1, 0.15) is 0 Å². The first-order valence-corrected chi connectivity index (χ1v) is 4.33. The van der Waals surface area contributed by atoms with Crippen molar-refractivity contribution in [2.45, 2.75) is 18.9 Å². The molecule has 0 heterocycles. The molecule has 0 aliphatic heterocycles. The molecule has 1 aliphatic rings. The van der Waals surface area contributed by atoms with Crippen LogP contribution in [0.5, 0.6) is 0 Å². The standard InChI is InChI=1S/C7H13N3OS/c1-9-7(11)10-5(6(8)12)4-2-3-4/h4-5H,2-3H2,1H3,(H2,8,12)(H2,9,10,11). The Balaban J connectivity index is 2.43. The van der Waals surface area contributed by atoms with Crippen LogP contribution < -0.4 is 16.4 Å². The van der Waals surface area contributed by atoms with E-state index in [1.807, 2.05) is 0 Å². The predicted molar refractivity (Wildman–Crippen MR) is 50.9 cm³/mol. The van der Waals surface area contributed by atoms with Gasteiger partial charge in [0.25, 0.3) is 0 Å². The van der Waals surface area contributed by atoms with E-state index in [0.29, 0.717) is 10.9 Å². The van der Waals surface area contributed by atoms with Gasteiger partial charge in [-0.2, -0.15) is 0 Å². The molecule has 0 bridgehead atoms. The highest BCUT2D eigenvalue weighted by molar-refractivity contribution is 7.80. The van der Waals surface area contributed by atoms with E-state index < -0.39 is 0 Å². The average Bonchev–Trinajstić information content (AvgIpc) is 2.81. The Kier molecular flexibility index (Phi) is 2.86. The van der Waals surface area contributed by atoms with Crippen molar-refractivity contribution in [3.8, 4) is 0 Å². The highest BCUT2D eigenvalue weighted by atomic mass is 32.1. The largest absolute Gasteiger partial charge is 0.392 e. The van der Waals surface area contributed by atoms with Crippen molar-refractivity contribution in [3.05, 3.63) is 0 Å². The maximum absolute atomic E-state index is 10.9. The lowest BCUT2D eigenvalue weighted by Crippen LogP contribution is -2.48. The molecule has 0 aromatic carbocycles. The van der Waals surface area contributed by atoms with Gasteiger partial charge < -0.3 is 16.4 Å². The van der Waals surface area contributed by atoms with Crippen molar-refractivity contribution < 1.29 is 4.79 Å². The molecule has 1 saturated carbocycles. The second-order valence-electron chi connectivity index (χ2n) is 2.94. The second-order valence-corrected chi connectivity index (χ2v) is 3.41. The fraction of sp³-hybridized carbons (Fsp3) is 0.714. The molecule has 5 heteroatoms. The van der Waals surface area contributed by atoms with Crippen LogP contribution in [0.25, 0.3) is 0 Å². The highest BCUT2D eigenvalue weighted by Crippen LogP contribution is 2.32. The summed E-state index contributed by atoms with van der Waals surface area (Å²) >= 11 is 4.83. The van der Waals surface area contributed by atoms with Gasteiger partial charge >= 0.3 is 6.03 Å². The van der Waals surface area contributed by atoms with Gasteiger partial charge in [-0.3, -0.25) is 0 Å². The first-order chi connectivity index (χ1) is 5.65. The molecule has 0 aromatic heterocycles. The van der Waals surface area contributed by atoms with E-state index in [1.54, 1.807) is 7.05 Å². The van der Waals surface area contributed by atoms with E-state index in [-0.39, 0.29) is 12.1 Å². The molecule has 1 fully saturated rings. The maximum atomic E-state index is 10.9. The van der Waals surface area contributed by atoms with Gasteiger partial charge in [0.15, 0.2) is 0 Å². The Morgan fingerprint density at radius 3 is 2.58 bits per heavy atom. The lowest BCUT2D eigenvalue weighted by Gasteiger charge is -2.15. The van der Waals surface area contributed by atoms with E-state index in [4.69, 9.17) is 18.0 Å². The summed E-state index contributed by atoms with van der Waals surface area (Å²) in [6, 6.07) is -0.348. The predicted octanol–water partition coefficient (Wildman–Crippen LogP) is -0.0199. The third-order valence-electron chi connectivity index (χ3n) is 1.91. The third-order valence-corrected chi connectivity index (χ3v) is 2.17. The summed E-state index contributed by atoms with van der Waals surface area (Å²) < 4.78 is 0. The summed E-state index contributed by atoms with van der Waals surface area (Å²) in [5.41, 5.74) is 5.47. The minimum atomic E-state index is -0.223. The van der Waals surface area contributed by atoms with Crippen LogP contribution in [0.3, 0.4) is 0 Å². The van der Waals surface area contributed by atoms with Gasteiger partial charge in [-0.15, -0.1) is 0 Å². The molecule has 0 radical (unpaired) electrons. The Labute approximate surface area is 76.9 Å². The summed E-state index contributed by atoms with van der Waals surface area (Å²) in [7, 11) is 1.57. The minimum absolute atomic E-state index is 0.125. The van der Waals surface area contributed by atoms with E-state index in [9.17, 15) is 4.79 Å². The topological polar surface area (TPSA) is 67.2 Å². The molecule has 0 spiro atoms. The number of urea groups is 1. The molecule has 1 unspecified atom stereocenters. The van der Waals surface area contributed by atoms with Crippen LogP contribution in [-0.4, -0.2) is 24.1 Å². The summed E-state index contributed by atoms with van der Waals surface area (Å²) in [5, 5.41) is 5.18. The summed E-state index contributed by atoms with van der Waals surface area (Å²) in [6.45, 7) is 0. The number of nitrogens with two attached hydrogens (primary N) is 1. The summed E-state index contributed by atoms with van der Waals surface area (Å²) in [4.78, 5) is 11.3. The Bertz CT molecular complexity index is 203. The van der Waals surface area contributed by atoms with Crippen LogP contribution >= 0.6 is 12.2 Å². The zero-order valence-corrected chi connectivity index (χ0v) is 7.78. The van der Waals surface area contributed by atoms with Crippen molar-refractivity contribution in [1.82, 2.24) is 10.6 Å². The number of amides is 2. The van der Waals surface area contributed by atoms with Crippen molar-refractivity contribution >= 4 is 23.2 Å². The lowest BCUT2D eigenvalue weighted by molar-refractivity contribution is 0.240. The third kappa shape index (κ3) is 2.34. The van der Waals surface area contributed by atoms with Crippen molar-refractivity contribution in [2.75, 3.05) is 7.05 Å². The molecular formula is C7H13N3OS. The SMILES string of the molecule is CNC(=O)NC(C(N)=S)C1CC1. The molecule has 1 rings (SSSR count). The van der Waals surface area contributed by atoms with Gasteiger partial charge in [0.05, 0.1) is 11.0 Å².